The van der Waals surface area contributed by atoms with Gasteiger partial charge in [0, 0.05) is 11.3 Å². The van der Waals surface area contributed by atoms with Gasteiger partial charge < -0.3 is 20.1 Å². The molecule has 0 bridgehead atoms. The van der Waals surface area contributed by atoms with Crippen molar-refractivity contribution >= 4 is 29.3 Å². The van der Waals surface area contributed by atoms with E-state index in [4.69, 9.17) is 9.47 Å². The van der Waals surface area contributed by atoms with Crippen LogP contribution in [0.2, 0.25) is 0 Å². The van der Waals surface area contributed by atoms with Crippen LogP contribution in [-0.4, -0.2) is 46.0 Å². The maximum atomic E-state index is 13.5. The SMILES string of the molecule is CCOc1ccc(NC(=O)CSc2nnc(CNC(=O)c3cccc(F)c3)n2-c2ccccc2OC)cc1. The molecule has 1 aromatic heterocycles. The van der Waals surface area contributed by atoms with Crippen molar-refractivity contribution in [1.29, 1.82) is 0 Å². The second kappa shape index (κ2) is 12.7. The molecule has 2 N–H and O–H groups in total. The Bertz CT molecular complexity index is 1410. The van der Waals surface area contributed by atoms with Crippen molar-refractivity contribution in [2.75, 3.05) is 24.8 Å². The van der Waals surface area contributed by atoms with Crippen LogP contribution in [0.15, 0.2) is 78.0 Å². The van der Waals surface area contributed by atoms with Gasteiger partial charge in [-0.15, -0.1) is 10.2 Å². The van der Waals surface area contributed by atoms with Gasteiger partial charge in [0.25, 0.3) is 5.91 Å². The quantitative estimate of drug-likeness (QED) is 0.273. The minimum absolute atomic E-state index is 0.0132. The molecule has 38 heavy (non-hydrogen) atoms. The number of halogens is 1. The number of thioether (sulfide) groups is 1. The Morgan fingerprint density at radius 2 is 1.82 bits per heavy atom. The van der Waals surface area contributed by atoms with Gasteiger partial charge in [-0.2, -0.15) is 0 Å². The zero-order valence-electron chi connectivity index (χ0n) is 20.8. The molecule has 4 rings (SSSR count). The van der Waals surface area contributed by atoms with Gasteiger partial charge >= 0.3 is 0 Å². The lowest BCUT2D eigenvalue weighted by atomic mass is 10.2. The van der Waals surface area contributed by atoms with E-state index in [0.717, 1.165) is 11.8 Å². The molecule has 0 spiro atoms. The molecule has 0 atom stereocenters. The lowest BCUT2D eigenvalue weighted by Crippen LogP contribution is -2.25. The maximum Gasteiger partial charge on any atom is 0.251 e. The molecule has 0 aliphatic carbocycles. The molecule has 0 fully saturated rings. The molecule has 0 radical (unpaired) electrons. The number of carbonyl (C=O) groups excluding carboxylic acids is 2. The molecule has 0 aliphatic rings. The predicted octanol–water partition coefficient (Wildman–Crippen LogP) is 4.47. The van der Waals surface area contributed by atoms with Crippen molar-refractivity contribution in [2.45, 2.75) is 18.6 Å². The van der Waals surface area contributed by atoms with E-state index in [9.17, 15) is 14.0 Å². The fraction of sp³-hybridized carbons (Fsp3) is 0.185. The molecular weight excluding hydrogens is 509 g/mol. The van der Waals surface area contributed by atoms with Crippen molar-refractivity contribution < 1.29 is 23.5 Å². The average Bonchev–Trinajstić information content (AvgIpc) is 3.34. The van der Waals surface area contributed by atoms with Gasteiger partial charge in [-0.25, -0.2) is 4.39 Å². The Kier molecular flexibility index (Phi) is 8.94. The second-order valence-electron chi connectivity index (χ2n) is 7.89. The highest BCUT2D eigenvalue weighted by Gasteiger charge is 2.19. The van der Waals surface area contributed by atoms with E-state index < -0.39 is 11.7 Å². The molecule has 196 valence electrons. The summed E-state index contributed by atoms with van der Waals surface area (Å²) >= 11 is 1.19. The maximum absolute atomic E-state index is 13.5. The minimum atomic E-state index is -0.503. The molecule has 4 aromatic rings. The topological polar surface area (TPSA) is 107 Å². The number of para-hydroxylation sites is 2. The first-order valence-electron chi connectivity index (χ1n) is 11.8. The van der Waals surface area contributed by atoms with Crippen molar-refractivity contribution in [3.8, 4) is 17.2 Å². The van der Waals surface area contributed by atoms with E-state index >= 15 is 0 Å². The van der Waals surface area contributed by atoms with Gasteiger partial charge in [-0.1, -0.05) is 30.0 Å². The molecule has 11 heteroatoms. The Morgan fingerprint density at radius 1 is 1.03 bits per heavy atom. The third-order valence-electron chi connectivity index (χ3n) is 5.30. The van der Waals surface area contributed by atoms with Crippen LogP contribution < -0.4 is 20.1 Å². The van der Waals surface area contributed by atoms with Gasteiger partial charge in [0.1, 0.15) is 17.3 Å². The van der Waals surface area contributed by atoms with Gasteiger partial charge in [-0.05, 0) is 61.5 Å². The molecule has 2 amide bonds. The molecule has 0 aliphatic heterocycles. The van der Waals surface area contributed by atoms with E-state index in [2.05, 4.69) is 20.8 Å². The van der Waals surface area contributed by atoms with Crippen LogP contribution >= 0.6 is 11.8 Å². The van der Waals surface area contributed by atoms with Crippen molar-refractivity contribution in [3.05, 3.63) is 90.0 Å². The molecule has 0 unspecified atom stereocenters. The first kappa shape index (κ1) is 26.7. The van der Waals surface area contributed by atoms with Gasteiger partial charge in [0.15, 0.2) is 11.0 Å². The molecule has 3 aromatic carbocycles. The summed E-state index contributed by atoms with van der Waals surface area (Å²) in [5, 5.41) is 14.5. The number of anilines is 1. The number of hydrogen-bond donors (Lipinski definition) is 2. The normalized spacial score (nSPS) is 10.6. The largest absolute Gasteiger partial charge is 0.495 e. The molecule has 0 saturated heterocycles. The van der Waals surface area contributed by atoms with E-state index in [1.54, 1.807) is 42.0 Å². The summed E-state index contributed by atoms with van der Waals surface area (Å²) in [7, 11) is 1.55. The highest BCUT2D eigenvalue weighted by atomic mass is 32.2. The number of nitrogens with one attached hydrogen (secondary N) is 2. The van der Waals surface area contributed by atoms with Gasteiger partial charge in [0.05, 0.1) is 31.7 Å². The standard InChI is InChI=1S/C27H26FN5O4S/c1-3-37-21-13-11-20(12-14-21)30-25(34)17-38-27-32-31-24(33(27)22-9-4-5-10-23(22)36-2)16-29-26(35)18-7-6-8-19(28)15-18/h4-15H,3,16-17H2,1-2H3,(H,29,35)(H,30,34). The predicted molar refractivity (Wildman–Crippen MR) is 142 cm³/mol. The summed E-state index contributed by atoms with van der Waals surface area (Å²) in [5.41, 5.74) is 1.48. The molecule has 9 nitrogen and oxygen atoms in total. The van der Waals surface area contributed by atoms with Crippen LogP contribution in [0.5, 0.6) is 11.5 Å². The number of carbonyl (C=O) groups is 2. The Labute approximate surface area is 223 Å². The Hall–Kier alpha value is -4.38. The second-order valence-corrected chi connectivity index (χ2v) is 8.84. The van der Waals surface area contributed by atoms with E-state index in [0.29, 0.717) is 34.7 Å². The lowest BCUT2D eigenvalue weighted by molar-refractivity contribution is -0.113. The van der Waals surface area contributed by atoms with Gasteiger partial charge in [-0.3, -0.25) is 14.2 Å². The van der Waals surface area contributed by atoms with Crippen molar-refractivity contribution in [3.63, 3.8) is 0 Å². The van der Waals surface area contributed by atoms with Crippen LogP contribution in [0, 0.1) is 5.82 Å². The number of hydrogen-bond acceptors (Lipinski definition) is 7. The van der Waals surface area contributed by atoms with Crippen LogP contribution in [0.25, 0.3) is 5.69 Å². The summed E-state index contributed by atoms with van der Waals surface area (Å²) in [6.07, 6.45) is 0. The third kappa shape index (κ3) is 6.68. The first-order chi connectivity index (χ1) is 18.5. The van der Waals surface area contributed by atoms with Crippen molar-refractivity contribution in [2.24, 2.45) is 0 Å². The average molecular weight is 536 g/mol. The number of rotatable bonds is 11. The smallest absolute Gasteiger partial charge is 0.251 e. The van der Waals surface area contributed by atoms with Crippen LogP contribution in [0.3, 0.4) is 0 Å². The molecule has 1 heterocycles. The summed E-state index contributed by atoms with van der Waals surface area (Å²) in [4.78, 5) is 25.2. The number of ether oxygens (including phenoxy) is 2. The monoisotopic (exact) mass is 535 g/mol. The first-order valence-corrected chi connectivity index (χ1v) is 12.7. The van der Waals surface area contributed by atoms with Crippen LogP contribution in [0.4, 0.5) is 10.1 Å². The summed E-state index contributed by atoms with van der Waals surface area (Å²) in [6, 6.07) is 19.8. The fourth-order valence-corrected chi connectivity index (χ4v) is 4.35. The summed E-state index contributed by atoms with van der Waals surface area (Å²) in [6.45, 7) is 2.48. The van der Waals surface area contributed by atoms with E-state index in [-0.39, 0.29) is 23.8 Å². The number of benzene rings is 3. The summed E-state index contributed by atoms with van der Waals surface area (Å²) in [5.74, 6) is 0.576. The van der Waals surface area contributed by atoms with Crippen molar-refractivity contribution in [1.82, 2.24) is 20.1 Å². The van der Waals surface area contributed by atoms with Gasteiger partial charge in [0.2, 0.25) is 5.91 Å². The number of nitrogens with zero attached hydrogens (tertiary/aromatic N) is 3. The fourth-order valence-electron chi connectivity index (χ4n) is 3.58. The molecular formula is C27H26FN5O4S. The Balaban J connectivity index is 1.50. The zero-order valence-corrected chi connectivity index (χ0v) is 21.6. The van der Waals surface area contributed by atoms with Crippen LogP contribution in [-0.2, 0) is 11.3 Å². The number of aromatic nitrogens is 3. The van der Waals surface area contributed by atoms with E-state index in [1.165, 1.54) is 30.0 Å². The highest BCUT2D eigenvalue weighted by Crippen LogP contribution is 2.29. The Morgan fingerprint density at radius 3 is 2.55 bits per heavy atom. The number of amides is 2. The lowest BCUT2D eigenvalue weighted by Gasteiger charge is -2.14. The minimum Gasteiger partial charge on any atom is -0.495 e. The highest BCUT2D eigenvalue weighted by molar-refractivity contribution is 7.99. The zero-order chi connectivity index (χ0) is 26.9. The third-order valence-corrected chi connectivity index (χ3v) is 6.23. The summed E-state index contributed by atoms with van der Waals surface area (Å²) < 4.78 is 26.2. The molecule has 0 saturated carbocycles. The van der Waals surface area contributed by atoms with Crippen LogP contribution in [0.1, 0.15) is 23.1 Å². The van der Waals surface area contributed by atoms with E-state index in [1.807, 2.05) is 25.1 Å². The number of methoxy groups -OCH3 is 1.